The average molecular weight is 302 g/mol. The van der Waals surface area contributed by atoms with Gasteiger partial charge in [0.25, 0.3) is 11.2 Å². The Hall–Kier alpha value is -2.12. The van der Waals surface area contributed by atoms with Crippen LogP contribution in [-0.4, -0.2) is 14.9 Å². The van der Waals surface area contributed by atoms with Gasteiger partial charge < -0.3 is 9.72 Å². The minimum Gasteiger partial charge on any atom is -0.436 e. The molecule has 1 aromatic carbocycles. The highest BCUT2D eigenvalue weighted by Crippen LogP contribution is 2.32. The molecule has 0 aliphatic rings. The molecule has 2 aromatic rings. The van der Waals surface area contributed by atoms with E-state index in [1.807, 2.05) is 0 Å². The van der Waals surface area contributed by atoms with Crippen molar-refractivity contribution < 1.29 is 9.66 Å². The number of aromatic amines is 1. The number of ether oxygens (including phenoxy) is 1. The predicted octanol–water partition coefficient (Wildman–Crippen LogP) is 2.78. The molecule has 0 unspecified atom stereocenters. The smallest absolute Gasteiger partial charge is 0.273 e. The number of nitrogens with zero attached hydrogens (tertiary/aromatic N) is 2. The van der Waals surface area contributed by atoms with Crippen molar-refractivity contribution in [3.05, 3.63) is 55.0 Å². The molecule has 9 heteroatoms. The topological polar surface area (TPSA) is 98.1 Å². The van der Waals surface area contributed by atoms with Crippen molar-refractivity contribution in [2.45, 2.75) is 0 Å². The van der Waals surface area contributed by atoms with Crippen LogP contribution in [0.25, 0.3) is 0 Å². The van der Waals surface area contributed by atoms with Crippen molar-refractivity contribution in [1.29, 1.82) is 0 Å². The molecular formula is C10H5Cl2N3O4. The summed E-state index contributed by atoms with van der Waals surface area (Å²) >= 11 is 11.5. The summed E-state index contributed by atoms with van der Waals surface area (Å²) in [7, 11) is 0. The average Bonchev–Trinajstić information content (AvgIpc) is 2.37. The van der Waals surface area contributed by atoms with Gasteiger partial charge in [-0.15, -0.1) is 0 Å². The summed E-state index contributed by atoms with van der Waals surface area (Å²) in [6, 6.07) is 3.62. The Labute approximate surface area is 115 Å². The Morgan fingerprint density at radius 3 is 2.74 bits per heavy atom. The molecule has 0 saturated carbocycles. The zero-order valence-electron chi connectivity index (χ0n) is 9.09. The molecular weight excluding hydrogens is 297 g/mol. The van der Waals surface area contributed by atoms with Crippen LogP contribution in [0.2, 0.25) is 10.0 Å². The lowest BCUT2D eigenvalue weighted by atomic mass is 10.3. The van der Waals surface area contributed by atoms with Crippen molar-refractivity contribution in [3.8, 4) is 11.6 Å². The molecule has 0 radical (unpaired) electrons. The lowest BCUT2D eigenvalue weighted by molar-refractivity contribution is -0.384. The van der Waals surface area contributed by atoms with E-state index in [-0.39, 0.29) is 27.4 Å². The minimum absolute atomic E-state index is 0.00680. The molecule has 98 valence electrons. The molecule has 7 nitrogen and oxygen atoms in total. The number of halogens is 2. The van der Waals surface area contributed by atoms with Gasteiger partial charge in [0, 0.05) is 12.1 Å². The summed E-state index contributed by atoms with van der Waals surface area (Å²) in [5.74, 6) is -0.0339. The SMILES string of the molecule is O=c1[nH]cnc(Oc2ccc([N+](=O)[O-])cc2Cl)c1Cl. The first-order valence-corrected chi connectivity index (χ1v) is 5.59. The second kappa shape index (κ2) is 5.25. The fourth-order valence-corrected chi connectivity index (χ4v) is 1.58. The molecule has 0 fully saturated rings. The third-order valence-corrected chi connectivity index (χ3v) is 2.73. The Kier molecular flexibility index (Phi) is 3.68. The number of aromatic nitrogens is 2. The maximum absolute atomic E-state index is 11.2. The largest absolute Gasteiger partial charge is 0.436 e. The number of hydrogen-bond acceptors (Lipinski definition) is 5. The van der Waals surface area contributed by atoms with Crippen molar-refractivity contribution in [3.63, 3.8) is 0 Å². The molecule has 19 heavy (non-hydrogen) atoms. The van der Waals surface area contributed by atoms with Crippen LogP contribution >= 0.6 is 23.2 Å². The molecule has 1 heterocycles. The second-order valence-corrected chi connectivity index (χ2v) is 4.11. The van der Waals surface area contributed by atoms with Crippen LogP contribution in [-0.2, 0) is 0 Å². The van der Waals surface area contributed by atoms with Gasteiger partial charge in [0.05, 0.1) is 16.3 Å². The Morgan fingerprint density at radius 1 is 1.37 bits per heavy atom. The molecule has 0 aliphatic carbocycles. The fourth-order valence-electron chi connectivity index (χ4n) is 1.23. The molecule has 1 N–H and O–H groups in total. The van der Waals surface area contributed by atoms with Crippen molar-refractivity contribution in [2.75, 3.05) is 0 Å². The summed E-state index contributed by atoms with van der Waals surface area (Å²) < 4.78 is 5.24. The molecule has 0 bridgehead atoms. The van der Waals surface area contributed by atoms with E-state index in [1.165, 1.54) is 12.1 Å². The van der Waals surface area contributed by atoms with Crippen LogP contribution in [0, 0.1) is 10.1 Å². The Balaban J connectivity index is 2.36. The lowest BCUT2D eigenvalue weighted by Crippen LogP contribution is -2.07. The number of nitro benzene ring substituents is 1. The number of nitro groups is 1. The van der Waals surface area contributed by atoms with Crippen LogP contribution < -0.4 is 10.3 Å². The van der Waals surface area contributed by atoms with E-state index >= 15 is 0 Å². The van der Waals surface area contributed by atoms with E-state index in [0.29, 0.717) is 0 Å². The third kappa shape index (κ3) is 2.83. The van der Waals surface area contributed by atoms with Crippen molar-refractivity contribution >= 4 is 28.9 Å². The molecule has 0 saturated heterocycles. The highest BCUT2D eigenvalue weighted by Gasteiger charge is 2.14. The normalized spacial score (nSPS) is 10.2. The van der Waals surface area contributed by atoms with E-state index in [4.69, 9.17) is 27.9 Å². The number of nitrogens with one attached hydrogen (secondary N) is 1. The quantitative estimate of drug-likeness (QED) is 0.694. The summed E-state index contributed by atoms with van der Waals surface area (Å²) in [5, 5.41) is 10.3. The number of benzene rings is 1. The van der Waals surface area contributed by atoms with Gasteiger partial charge in [-0.3, -0.25) is 14.9 Å². The molecule has 0 aliphatic heterocycles. The maximum atomic E-state index is 11.2. The highest BCUT2D eigenvalue weighted by molar-refractivity contribution is 6.32. The summed E-state index contributed by atoms with van der Waals surface area (Å²) in [6.45, 7) is 0. The molecule has 0 amide bonds. The zero-order chi connectivity index (χ0) is 14.0. The molecule has 2 rings (SSSR count). The van der Waals surface area contributed by atoms with E-state index in [0.717, 1.165) is 12.4 Å². The summed E-state index contributed by atoms with van der Waals surface area (Å²) in [4.78, 5) is 27.2. The number of H-pyrrole nitrogens is 1. The molecule has 0 atom stereocenters. The first kappa shape index (κ1) is 13.3. The number of non-ortho nitro benzene ring substituents is 1. The van der Waals surface area contributed by atoms with E-state index in [2.05, 4.69) is 9.97 Å². The highest BCUT2D eigenvalue weighted by atomic mass is 35.5. The Bertz CT molecular complexity index is 701. The Morgan fingerprint density at radius 2 is 2.11 bits per heavy atom. The third-order valence-electron chi connectivity index (χ3n) is 2.10. The van der Waals surface area contributed by atoms with Gasteiger partial charge >= 0.3 is 0 Å². The second-order valence-electron chi connectivity index (χ2n) is 3.32. The summed E-state index contributed by atoms with van der Waals surface area (Å²) in [6.07, 6.45) is 1.11. The van der Waals surface area contributed by atoms with E-state index in [9.17, 15) is 14.9 Å². The molecule has 0 spiro atoms. The standard InChI is InChI=1S/C10H5Cl2N3O4/c11-6-3-5(15(17)18)1-2-7(6)19-10-8(12)9(16)13-4-14-10/h1-4H,(H,13,14,16). The van der Waals surface area contributed by atoms with Crippen LogP contribution in [0.1, 0.15) is 0 Å². The van der Waals surface area contributed by atoms with Crippen LogP contribution in [0.4, 0.5) is 5.69 Å². The van der Waals surface area contributed by atoms with E-state index in [1.54, 1.807) is 0 Å². The zero-order valence-corrected chi connectivity index (χ0v) is 10.6. The molecule has 1 aromatic heterocycles. The number of rotatable bonds is 3. The van der Waals surface area contributed by atoms with Crippen molar-refractivity contribution in [1.82, 2.24) is 9.97 Å². The van der Waals surface area contributed by atoms with Gasteiger partial charge in [0.15, 0.2) is 5.02 Å². The number of hydrogen-bond donors (Lipinski definition) is 1. The fraction of sp³-hybridized carbons (Fsp3) is 0. The minimum atomic E-state index is -0.589. The lowest BCUT2D eigenvalue weighted by Gasteiger charge is -2.06. The monoisotopic (exact) mass is 301 g/mol. The van der Waals surface area contributed by atoms with Gasteiger partial charge in [-0.2, -0.15) is 0 Å². The van der Waals surface area contributed by atoms with Gasteiger partial charge in [0.2, 0.25) is 5.88 Å². The van der Waals surface area contributed by atoms with Crippen LogP contribution in [0.3, 0.4) is 0 Å². The van der Waals surface area contributed by atoms with Crippen LogP contribution in [0.5, 0.6) is 11.6 Å². The van der Waals surface area contributed by atoms with Gasteiger partial charge in [-0.05, 0) is 6.07 Å². The van der Waals surface area contributed by atoms with Crippen LogP contribution in [0.15, 0.2) is 29.3 Å². The van der Waals surface area contributed by atoms with E-state index < -0.39 is 10.5 Å². The first-order chi connectivity index (χ1) is 8.99. The summed E-state index contributed by atoms with van der Waals surface area (Å²) in [5.41, 5.74) is -0.744. The first-order valence-electron chi connectivity index (χ1n) is 4.84. The van der Waals surface area contributed by atoms with Gasteiger partial charge in [-0.25, -0.2) is 4.98 Å². The van der Waals surface area contributed by atoms with Gasteiger partial charge in [-0.1, -0.05) is 23.2 Å². The van der Waals surface area contributed by atoms with Gasteiger partial charge in [0.1, 0.15) is 5.75 Å². The van der Waals surface area contributed by atoms with Crippen molar-refractivity contribution in [2.24, 2.45) is 0 Å². The maximum Gasteiger partial charge on any atom is 0.273 e. The predicted molar refractivity (Wildman–Crippen MR) is 68.0 cm³/mol.